The van der Waals surface area contributed by atoms with E-state index in [0.717, 1.165) is 51.4 Å². The van der Waals surface area contributed by atoms with Crippen LogP contribution in [-0.2, 0) is 31.1 Å². The van der Waals surface area contributed by atoms with Gasteiger partial charge in [0.25, 0.3) is 0 Å². The van der Waals surface area contributed by atoms with Crippen molar-refractivity contribution in [3.05, 3.63) is 106 Å². The lowest BCUT2D eigenvalue weighted by Crippen LogP contribution is -2.25. The highest BCUT2D eigenvalue weighted by atomic mass is 16.3. The van der Waals surface area contributed by atoms with E-state index in [4.69, 9.17) is 0 Å². The number of aliphatic hydroxyl groups is 3. The average Bonchev–Trinajstić information content (AvgIpc) is 2.92. The van der Waals surface area contributed by atoms with E-state index in [0.29, 0.717) is 17.8 Å². The fraction of sp³-hybridized carbons (Fsp3) is 0.514. The number of benzene rings is 3. The molecule has 0 aliphatic rings. The minimum Gasteiger partial charge on any atom is -0.396 e. The van der Waals surface area contributed by atoms with Gasteiger partial charge >= 0.3 is 0 Å². The Morgan fingerprint density at radius 3 is 1.35 bits per heavy atom. The summed E-state index contributed by atoms with van der Waals surface area (Å²) in [5.74, 6) is 1.36. The third-order valence-corrected chi connectivity index (χ3v) is 8.65. The van der Waals surface area contributed by atoms with Gasteiger partial charge in [0.2, 0.25) is 0 Å². The van der Waals surface area contributed by atoms with Gasteiger partial charge in [0.15, 0.2) is 0 Å². The average molecular weight is 545 g/mol. The predicted octanol–water partition coefficient (Wildman–Crippen LogP) is 7.31. The Bertz CT molecular complexity index is 1100. The van der Waals surface area contributed by atoms with Crippen molar-refractivity contribution in [3.8, 4) is 0 Å². The molecule has 0 saturated heterocycles. The van der Waals surface area contributed by atoms with Gasteiger partial charge in [-0.3, -0.25) is 0 Å². The SMILES string of the molecule is CC(CCO)Cc1cccc(CCC(C)(c2cccc(CC(C)CCO)c2)c2cccc(CC(C)CCO)c2)c1. The van der Waals surface area contributed by atoms with Crippen LogP contribution in [0.3, 0.4) is 0 Å². The molecule has 0 aromatic heterocycles. The van der Waals surface area contributed by atoms with Gasteiger partial charge in [-0.25, -0.2) is 0 Å². The fourth-order valence-corrected chi connectivity index (χ4v) is 6.02. The van der Waals surface area contributed by atoms with Gasteiger partial charge in [0.1, 0.15) is 0 Å². The molecule has 218 valence electrons. The molecule has 0 aliphatic carbocycles. The van der Waals surface area contributed by atoms with Crippen LogP contribution in [0.2, 0.25) is 0 Å². The first kappa shape index (κ1) is 32.1. The van der Waals surface area contributed by atoms with E-state index in [1.165, 1.54) is 33.4 Å². The summed E-state index contributed by atoms with van der Waals surface area (Å²) in [5.41, 5.74) is 7.89. The Morgan fingerprint density at radius 1 is 0.550 bits per heavy atom. The molecule has 3 unspecified atom stereocenters. The zero-order valence-electron chi connectivity index (χ0n) is 25.3. The molecule has 3 heteroatoms. The van der Waals surface area contributed by atoms with E-state index in [1.807, 2.05) is 0 Å². The third kappa shape index (κ3) is 9.58. The topological polar surface area (TPSA) is 60.7 Å². The smallest absolute Gasteiger partial charge is 0.0433 e. The van der Waals surface area contributed by atoms with Gasteiger partial charge < -0.3 is 15.3 Å². The summed E-state index contributed by atoms with van der Waals surface area (Å²) in [6, 6.07) is 27.2. The molecule has 3 N–H and O–H groups in total. The van der Waals surface area contributed by atoms with Crippen LogP contribution >= 0.6 is 0 Å². The van der Waals surface area contributed by atoms with Crippen molar-refractivity contribution in [2.75, 3.05) is 19.8 Å². The van der Waals surface area contributed by atoms with Gasteiger partial charge in [0.05, 0.1) is 0 Å². The summed E-state index contributed by atoms with van der Waals surface area (Å²) in [4.78, 5) is 0. The summed E-state index contributed by atoms with van der Waals surface area (Å²) in [7, 11) is 0. The van der Waals surface area contributed by atoms with Crippen molar-refractivity contribution in [1.82, 2.24) is 0 Å². The van der Waals surface area contributed by atoms with Crippen molar-refractivity contribution < 1.29 is 15.3 Å². The summed E-state index contributed by atoms with van der Waals surface area (Å²) in [6.07, 6.45) is 7.39. The molecule has 0 spiro atoms. The van der Waals surface area contributed by atoms with E-state index in [-0.39, 0.29) is 25.2 Å². The van der Waals surface area contributed by atoms with Crippen LogP contribution in [0.1, 0.15) is 86.8 Å². The third-order valence-electron chi connectivity index (χ3n) is 8.65. The predicted molar refractivity (Wildman–Crippen MR) is 168 cm³/mol. The number of hydrogen-bond acceptors (Lipinski definition) is 3. The maximum atomic E-state index is 9.42. The summed E-state index contributed by atoms with van der Waals surface area (Å²) >= 11 is 0. The van der Waals surface area contributed by atoms with Crippen LogP contribution in [0.4, 0.5) is 0 Å². The van der Waals surface area contributed by atoms with Gasteiger partial charge in [-0.05, 0) is 103 Å². The zero-order chi connectivity index (χ0) is 29.0. The number of aryl methyl sites for hydroxylation is 1. The largest absolute Gasteiger partial charge is 0.396 e. The van der Waals surface area contributed by atoms with Crippen molar-refractivity contribution >= 4 is 0 Å². The van der Waals surface area contributed by atoms with Crippen molar-refractivity contribution in [1.29, 1.82) is 0 Å². The molecule has 0 bridgehead atoms. The maximum absolute atomic E-state index is 9.42. The normalized spacial score (nSPS) is 15.4. The highest BCUT2D eigenvalue weighted by molar-refractivity contribution is 5.42. The second-order valence-electron chi connectivity index (χ2n) is 12.5. The Balaban J connectivity index is 1.93. The molecule has 3 aromatic rings. The molecule has 0 heterocycles. The molecule has 3 rings (SSSR count). The minimum atomic E-state index is -0.160. The van der Waals surface area contributed by atoms with Gasteiger partial charge in [0, 0.05) is 25.2 Å². The molecule has 3 nitrogen and oxygen atoms in total. The molecule has 3 aromatic carbocycles. The van der Waals surface area contributed by atoms with Crippen molar-refractivity contribution in [2.24, 2.45) is 17.8 Å². The van der Waals surface area contributed by atoms with Crippen LogP contribution in [0.15, 0.2) is 72.8 Å². The lowest BCUT2D eigenvalue weighted by atomic mass is 9.71. The highest BCUT2D eigenvalue weighted by Crippen LogP contribution is 2.38. The summed E-state index contributed by atoms with van der Waals surface area (Å²) < 4.78 is 0. The molecule has 0 amide bonds. The van der Waals surface area contributed by atoms with Crippen LogP contribution < -0.4 is 0 Å². The van der Waals surface area contributed by atoms with Crippen LogP contribution in [0.5, 0.6) is 0 Å². The molecule has 40 heavy (non-hydrogen) atoms. The minimum absolute atomic E-state index is 0.160. The first-order valence-electron chi connectivity index (χ1n) is 15.4. The van der Waals surface area contributed by atoms with Crippen LogP contribution in [0.25, 0.3) is 0 Å². The van der Waals surface area contributed by atoms with E-state index in [1.54, 1.807) is 0 Å². The Hall–Kier alpha value is -2.46. The summed E-state index contributed by atoms with van der Waals surface area (Å²) in [5, 5.41) is 28.2. The lowest BCUT2D eigenvalue weighted by Gasteiger charge is -2.32. The van der Waals surface area contributed by atoms with Gasteiger partial charge in [-0.2, -0.15) is 0 Å². The van der Waals surface area contributed by atoms with E-state index >= 15 is 0 Å². The van der Waals surface area contributed by atoms with Crippen LogP contribution in [0, 0.1) is 17.8 Å². The molecular weight excluding hydrogens is 492 g/mol. The molecular formula is C37H52O3. The highest BCUT2D eigenvalue weighted by Gasteiger charge is 2.29. The zero-order valence-corrected chi connectivity index (χ0v) is 25.3. The quantitative estimate of drug-likeness (QED) is 0.167. The second kappa shape index (κ2) is 16.1. The number of rotatable bonds is 17. The molecule has 0 radical (unpaired) electrons. The van der Waals surface area contributed by atoms with E-state index in [2.05, 4.69) is 100 Å². The first-order valence-corrected chi connectivity index (χ1v) is 15.4. The monoisotopic (exact) mass is 544 g/mol. The molecule has 3 atom stereocenters. The van der Waals surface area contributed by atoms with Crippen LogP contribution in [-0.4, -0.2) is 35.1 Å². The Labute approximate surface area is 243 Å². The van der Waals surface area contributed by atoms with Crippen molar-refractivity contribution in [2.45, 2.75) is 84.5 Å². The summed E-state index contributed by atoms with van der Waals surface area (Å²) in [6.45, 7) is 9.75. The lowest BCUT2D eigenvalue weighted by molar-refractivity contribution is 0.262. The number of hydrogen-bond donors (Lipinski definition) is 3. The maximum Gasteiger partial charge on any atom is 0.0433 e. The van der Waals surface area contributed by atoms with Gasteiger partial charge in [-0.1, -0.05) is 100 Å². The van der Waals surface area contributed by atoms with E-state index < -0.39 is 0 Å². The first-order chi connectivity index (χ1) is 19.3. The Morgan fingerprint density at radius 2 is 0.925 bits per heavy atom. The van der Waals surface area contributed by atoms with Gasteiger partial charge in [-0.15, -0.1) is 0 Å². The molecule has 0 saturated carbocycles. The number of aliphatic hydroxyl groups excluding tert-OH is 3. The van der Waals surface area contributed by atoms with Crippen molar-refractivity contribution in [3.63, 3.8) is 0 Å². The van der Waals surface area contributed by atoms with E-state index in [9.17, 15) is 15.3 Å². The standard InChI is InChI=1S/C37H52O3/c1-28(15-19-38)22-32-9-5-8-31(25-32)14-18-37(4,35-12-6-10-33(26-35)23-29(2)16-20-39)36-13-7-11-34(27-36)24-30(3)17-21-40/h5-13,25-30,38-40H,14-24H2,1-4H3. The fourth-order valence-electron chi connectivity index (χ4n) is 6.02. The molecule has 0 aliphatic heterocycles. The second-order valence-corrected chi connectivity index (χ2v) is 12.5. The molecule has 0 fully saturated rings. The Kier molecular flexibility index (Phi) is 12.9.